The van der Waals surface area contributed by atoms with E-state index >= 15 is 0 Å². The number of rotatable bonds is 4. The van der Waals surface area contributed by atoms with Gasteiger partial charge in [0.2, 0.25) is 10.0 Å². The summed E-state index contributed by atoms with van der Waals surface area (Å²) in [6, 6.07) is 9.00. The molecule has 124 valence electrons. The maximum atomic E-state index is 12.1. The zero-order valence-corrected chi connectivity index (χ0v) is 13.2. The molecule has 0 aliphatic heterocycles. The van der Waals surface area contributed by atoms with Gasteiger partial charge in [0.25, 0.3) is 5.91 Å². The molecule has 0 saturated heterocycles. The lowest BCUT2D eigenvalue weighted by molar-refractivity contribution is 0.0946. The van der Waals surface area contributed by atoms with Gasteiger partial charge in [-0.1, -0.05) is 12.1 Å². The largest absolute Gasteiger partial charge is 0.504 e. The molecule has 3 aromatic rings. The summed E-state index contributed by atoms with van der Waals surface area (Å²) in [5.41, 5.74) is 1.17. The zero-order valence-electron chi connectivity index (χ0n) is 12.4. The van der Waals surface area contributed by atoms with Gasteiger partial charge in [0, 0.05) is 18.9 Å². The van der Waals surface area contributed by atoms with E-state index in [1.54, 1.807) is 28.8 Å². The Morgan fingerprint density at radius 3 is 2.58 bits per heavy atom. The summed E-state index contributed by atoms with van der Waals surface area (Å²) in [7, 11) is -3.74. The predicted octanol–water partition coefficient (Wildman–Crippen LogP) is 0.617. The number of amides is 1. The molecule has 0 radical (unpaired) electrons. The normalized spacial score (nSPS) is 11.5. The van der Waals surface area contributed by atoms with E-state index in [4.69, 9.17) is 5.14 Å². The molecule has 1 aromatic carbocycles. The van der Waals surface area contributed by atoms with Crippen molar-refractivity contribution in [3.8, 4) is 5.75 Å². The third-order valence-corrected chi connectivity index (χ3v) is 4.33. The number of aromatic hydroxyl groups is 1. The Morgan fingerprint density at radius 1 is 1.25 bits per heavy atom. The Kier molecular flexibility index (Phi) is 3.96. The van der Waals surface area contributed by atoms with Gasteiger partial charge >= 0.3 is 0 Å². The van der Waals surface area contributed by atoms with E-state index in [1.807, 2.05) is 0 Å². The highest BCUT2D eigenvalue weighted by Gasteiger charge is 2.12. The third-order valence-electron chi connectivity index (χ3n) is 3.40. The quantitative estimate of drug-likeness (QED) is 0.638. The smallest absolute Gasteiger partial charge is 0.271 e. The number of nitrogens with two attached hydrogens (primary N) is 1. The van der Waals surface area contributed by atoms with Gasteiger partial charge < -0.3 is 14.8 Å². The molecule has 9 heteroatoms. The number of carbonyl (C=O) groups excluding carboxylic acids is 1. The van der Waals surface area contributed by atoms with Crippen LogP contribution in [0.3, 0.4) is 0 Å². The first-order valence-electron chi connectivity index (χ1n) is 6.91. The number of nitrogens with zero attached hydrogens (tertiary/aromatic N) is 2. The van der Waals surface area contributed by atoms with Gasteiger partial charge in [-0.3, -0.25) is 4.79 Å². The minimum absolute atomic E-state index is 0.00778. The first-order chi connectivity index (χ1) is 11.3. The van der Waals surface area contributed by atoms with Gasteiger partial charge in [0.1, 0.15) is 5.69 Å². The third kappa shape index (κ3) is 3.21. The van der Waals surface area contributed by atoms with E-state index in [0.717, 1.165) is 0 Å². The van der Waals surface area contributed by atoms with Crippen LogP contribution < -0.4 is 10.5 Å². The highest BCUT2D eigenvalue weighted by Crippen LogP contribution is 2.16. The number of sulfonamides is 1. The van der Waals surface area contributed by atoms with Gasteiger partial charge in [0.15, 0.2) is 11.4 Å². The zero-order chi connectivity index (χ0) is 17.3. The molecule has 0 aliphatic carbocycles. The molecule has 1 amide bonds. The molecule has 0 saturated carbocycles. The molecule has 4 N–H and O–H groups in total. The lowest BCUT2D eigenvalue weighted by atomic mass is 10.2. The van der Waals surface area contributed by atoms with Gasteiger partial charge in [-0.05, 0) is 29.8 Å². The number of fused-ring (bicyclic) bond motifs is 1. The molecule has 8 nitrogen and oxygen atoms in total. The predicted molar refractivity (Wildman–Crippen MR) is 85.8 cm³/mol. The van der Waals surface area contributed by atoms with Crippen LogP contribution in [0.1, 0.15) is 16.1 Å². The molecular formula is C15H14N4O4S. The van der Waals surface area contributed by atoms with Crippen molar-refractivity contribution in [1.82, 2.24) is 14.7 Å². The van der Waals surface area contributed by atoms with Gasteiger partial charge in [0.05, 0.1) is 4.90 Å². The van der Waals surface area contributed by atoms with Crippen molar-refractivity contribution in [3.63, 3.8) is 0 Å². The van der Waals surface area contributed by atoms with Crippen LogP contribution in [0.2, 0.25) is 0 Å². The van der Waals surface area contributed by atoms with Crippen molar-refractivity contribution in [2.24, 2.45) is 5.14 Å². The van der Waals surface area contributed by atoms with Crippen molar-refractivity contribution in [1.29, 1.82) is 0 Å². The second-order valence-electron chi connectivity index (χ2n) is 5.12. The van der Waals surface area contributed by atoms with Crippen molar-refractivity contribution in [2.45, 2.75) is 11.4 Å². The molecule has 0 atom stereocenters. The SMILES string of the molecule is NS(=O)(=O)c1ccc(CNC(=O)c2cn3cccc(O)c3n2)cc1. The summed E-state index contributed by atoms with van der Waals surface area (Å²) in [4.78, 5) is 16.2. The number of hydrogen-bond acceptors (Lipinski definition) is 5. The molecule has 2 heterocycles. The van der Waals surface area contributed by atoms with Crippen molar-refractivity contribution in [2.75, 3.05) is 0 Å². The van der Waals surface area contributed by atoms with E-state index in [1.165, 1.54) is 24.4 Å². The number of primary sulfonamides is 1. The Morgan fingerprint density at radius 2 is 1.96 bits per heavy atom. The van der Waals surface area contributed by atoms with Crippen molar-refractivity contribution >= 4 is 21.6 Å². The number of carbonyl (C=O) groups is 1. The Hall–Kier alpha value is -2.91. The van der Waals surface area contributed by atoms with Crippen LogP contribution >= 0.6 is 0 Å². The van der Waals surface area contributed by atoms with Crippen LogP contribution in [-0.2, 0) is 16.6 Å². The fraction of sp³-hybridized carbons (Fsp3) is 0.0667. The van der Waals surface area contributed by atoms with Crippen LogP contribution in [0.5, 0.6) is 5.75 Å². The van der Waals surface area contributed by atoms with E-state index < -0.39 is 15.9 Å². The summed E-state index contributed by atoms with van der Waals surface area (Å²) in [5, 5.41) is 17.4. The molecule has 0 fully saturated rings. The van der Waals surface area contributed by atoms with Gasteiger partial charge in [-0.2, -0.15) is 0 Å². The fourth-order valence-electron chi connectivity index (χ4n) is 2.18. The van der Waals surface area contributed by atoms with Crippen molar-refractivity contribution < 1.29 is 18.3 Å². The molecule has 2 aromatic heterocycles. The molecule has 0 aliphatic rings. The lowest BCUT2D eigenvalue weighted by Gasteiger charge is -2.04. The highest BCUT2D eigenvalue weighted by molar-refractivity contribution is 7.89. The van der Waals surface area contributed by atoms with Crippen LogP contribution in [0.25, 0.3) is 5.65 Å². The number of benzene rings is 1. The number of nitrogens with one attached hydrogen (secondary N) is 1. The summed E-state index contributed by atoms with van der Waals surface area (Å²) >= 11 is 0. The minimum atomic E-state index is -3.74. The lowest BCUT2D eigenvalue weighted by Crippen LogP contribution is -2.23. The summed E-state index contributed by atoms with van der Waals surface area (Å²) in [5.74, 6) is -0.427. The Bertz CT molecular complexity index is 1010. The highest BCUT2D eigenvalue weighted by atomic mass is 32.2. The maximum absolute atomic E-state index is 12.1. The monoisotopic (exact) mass is 346 g/mol. The molecule has 24 heavy (non-hydrogen) atoms. The topological polar surface area (TPSA) is 127 Å². The van der Waals surface area contributed by atoms with Crippen LogP contribution in [-0.4, -0.2) is 28.8 Å². The molecule has 0 unspecified atom stereocenters. The first kappa shape index (κ1) is 16.0. The standard InChI is InChI=1S/C15H14N4O4S/c16-24(22,23)11-5-3-10(4-6-11)8-17-15(21)12-9-19-7-1-2-13(20)14(19)18-12/h1-7,9,20H,8H2,(H,17,21)(H2,16,22,23). The van der Waals surface area contributed by atoms with Crippen LogP contribution in [0.15, 0.2) is 53.7 Å². The summed E-state index contributed by atoms with van der Waals surface area (Å²) in [6.45, 7) is 0.198. The number of pyridine rings is 1. The fourth-order valence-corrected chi connectivity index (χ4v) is 2.69. The molecule has 0 spiro atoms. The van der Waals surface area contributed by atoms with E-state index in [9.17, 15) is 18.3 Å². The molecule has 3 rings (SSSR count). The second-order valence-corrected chi connectivity index (χ2v) is 6.68. The van der Waals surface area contributed by atoms with E-state index in [-0.39, 0.29) is 22.9 Å². The van der Waals surface area contributed by atoms with Gasteiger partial charge in [-0.25, -0.2) is 18.5 Å². The van der Waals surface area contributed by atoms with Crippen LogP contribution in [0, 0.1) is 0 Å². The maximum Gasteiger partial charge on any atom is 0.271 e. The molecular weight excluding hydrogens is 332 g/mol. The second kappa shape index (κ2) is 5.95. The average molecular weight is 346 g/mol. The summed E-state index contributed by atoms with van der Waals surface area (Å²) < 4.78 is 23.9. The summed E-state index contributed by atoms with van der Waals surface area (Å²) in [6.07, 6.45) is 3.18. The first-order valence-corrected chi connectivity index (χ1v) is 8.46. The van der Waals surface area contributed by atoms with E-state index in [2.05, 4.69) is 10.3 Å². The van der Waals surface area contributed by atoms with Crippen molar-refractivity contribution in [3.05, 3.63) is 60.0 Å². The van der Waals surface area contributed by atoms with E-state index in [0.29, 0.717) is 11.2 Å². The number of aromatic nitrogens is 2. The van der Waals surface area contributed by atoms with Crippen LogP contribution in [0.4, 0.5) is 0 Å². The minimum Gasteiger partial charge on any atom is -0.504 e. The average Bonchev–Trinajstić information content (AvgIpc) is 2.98. The Labute approximate surface area is 137 Å². The molecule has 0 bridgehead atoms. The van der Waals surface area contributed by atoms with Gasteiger partial charge in [-0.15, -0.1) is 0 Å². The number of hydrogen-bond donors (Lipinski definition) is 3. The number of imidazole rings is 1. The Balaban J connectivity index is 1.71.